The van der Waals surface area contributed by atoms with E-state index in [2.05, 4.69) is 5.10 Å². The van der Waals surface area contributed by atoms with Crippen molar-refractivity contribution >= 4 is 28.4 Å². The predicted molar refractivity (Wildman–Crippen MR) is 111 cm³/mol. The molecule has 0 bridgehead atoms. The number of amides is 1. The molecule has 5 nitrogen and oxygen atoms in total. The summed E-state index contributed by atoms with van der Waals surface area (Å²) < 4.78 is 27.9. The number of fused-ring (bicyclic) bond motifs is 2. The van der Waals surface area contributed by atoms with Gasteiger partial charge in [-0.15, -0.1) is 0 Å². The number of carbonyl (C=O) groups excluding carboxylic acids is 1. The number of hydrogen-bond donors (Lipinski definition) is 1. The summed E-state index contributed by atoms with van der Waals surface area (Å²) in [5.41, 5.74) is 3.35. The van der Waals surface area contributed by atoms with Gasteiger partial charge >= 0.3 is 0 Å². The quantitative estimate of drug-likeness (QED) is 0.670. The van der Waals surface area contributed by atoms with Crippen LogP contribution in [0.15, 0.2) is 36.5 Å². The van der Waals surface area contributed by atoms with E-state index in [4.69, 9.17) is 11.6 Å². The Balaban J connectivity index is 1.62. The van der Waals surface area contributed by atoms with Crippen LogP contribution in [0.2, 0.25) is 5.02 Å². The average molecular weight is 434 g/mol. The highest BCUT2D eigenvalue weighted by Gasteiger charge is 2.32. The van der Waals surface area contributed by atoms with Crippen molar-refractivity contribution in [2.24, 2.45) is 7.05 Å². The second kappa shape index (κ2) is 7.96. The minimum Gasteiger partial charge on any atom is -0.382 e. The summed E-state index contributed by atoms with van der Waals surface area (Å²) in [7, 11) is 1.83. The topological polar surface area (TPSA) is 58.4 Å². The third-order valence-electron chi connectivity index (χ3n) is 5.96. The van der Waals surface area contributed by atoms with E-state index in [9.17, 15) is 18.7 Å². The van der Waals surface area contributed by atoms with E-state index in [0.29, 0.717) is 23.6 Å². The van der Waals surface area contributed by atoms with Crippen LogP contribution in [0.1, 0.15) is 41.3 Å². The molecule has 2 aromatic carbocycles. The lowest BCUT2D eigenvalue weighted by Gasteiger charge is -2.37. The first kappa shape index (κ1) is 20.8. The van der Waals surface area contributed by atoms with Crippen molar-refractivity contribution in [2.75, 3.05) is 6.54 Å². The zero-order valence-corrected chi connectivity index (χ0v) is 17.4. The van der Waals surface area contributed by atoms with E-state index >= 15 is 0 Å². The number of alkyl halides is 2. The fourth-order valence-corrected chi connectivity index (χ4v) is 4.57. The van der Waals surface area contributed by atoms with Crippen LogP contribution >= 0.6 is 11.6 Å². The molecule has 0 radical (unpaired) electrons. The molecule has 1 amide bonds. The Kier molecular flexibility index (Phi) is 5.51. The highest BCUT2D eigenvalue weighted by molar-refractivity contribution is 6.32. The van der Waals surface area contributed by atoms with Crippen molar-refractivity contribution in [1.82, 2.24) is 14.7 Å². The van der Waals surface area contributed by atoms with Crippen molar-refractivity contribution in [3.8, 4) is 0 Å². The highest BCUT2D eigenvalue weighted by Crippen LogP contribution is 2.36. The zero-order valence-electron chi connectivity index (χ0n) is 16.6. The Bertz CT molecular complexity index is 1120. The van der Waals surface area contributed by atoms with Crippen molar-refractivity contribution in [2.45, 2.75) is 38.3 Å². The summed E-state index contributed by atoms with van der Waals surface area (Å²) in [6.45, 7) is 2.27. The molecule has 1 N–H and O–H groups in total. The standard InChI is InChI=1S/C22H22ClF2N3O2/c1-12-13-4-3-5-15(21(30)22(24)25)14(13)8-9-28(12)20(29)10-16-17-11-26-27(2)19(17)7-6-18(16)23/h3-7,11-12,21-22,30H,8-10H2,1-2H3/t12-,21-/m0/s1. The Morgan fingerprint density at radius 1 is 1.33 bits per heavy atom. The largest absolute Gasteiger partial charge is 0.382 e. The molecule has 0 fully saturated rings. The fraction of sp³-hybridized carbons (Fsp3) is 0.364. The SMILES string of the molecule is C[C@H]1c2cccc([C@H](O)C(F)F)c2CCN1C(=O)Cc1c(Cl)ccc2c1cnn2C. The number of carbonyl (C=O) groups is 1. The van der Waals surface area contributed by atoms with Gasteiger partial charge in [0.1, 0.15) is 6.10 Å². The molecule has 1 aliphatic rings. The van der Waals surface area contributed by atoms with Crippen LogP contribution in [0.25, 0.3) is 10.9 Å². The second-order valence-corrected chi connectivity index (χ2v) is 8.02. The third-order valence-corrected chi connectivity index (χ3v) is 6.31. The van der Waals surface area contributed by atoms with Gasteiger partial charge in [0.15, 0.2) is 0 Å². The number of halogens is 3. The number of aliphatic hydroxyl groups is 1. The van der Waals surface area contributed by atoms with Crippen LogP contribution in [0, 0.1) is 0 Å². The van der Waals surface area contributed by atoms with Gasteiger partial charge in [0.05, 0.1) is 24.2 Å². The maximum atomic E-state index is 13.2. The van der Waals surface area contributed by atoms with Crippen molar-refractivity contribution in [3.05, 3.63) is 63.8 Å². The first-order valence-electron chi connectivity index (χ1n) is 9.76. The third kappa shape index (κ3) is 3.46. The van der Waals surface area contributed by atoms with Gasteiger partial charge in [0.2, 0.25) is 5.91 Å². The first-order valence-corrected chi connectivity index (χ1v) is 10.1. The average Bonchev–Trinajstić information content (AvgIpc) is 3.10. The molecule has 0 aliphatic carbocycles. The highest BCUT2D eigenvalue weighted by atomic mass is 35.5. The summed E-state index contributed by atoms with van der Waals surface area (Å²) >= 11 is 6.39. The Morgan fingerprint density at radius 3 is 2.83 bits per heavy atom. The van der Waals surface area contributed by atoms with Crippen LogP contribution in [0.5, 0.6) is 0 Å². The van der Waals surface area contributed by atoms with Gasteiger partial charge < -0.3 is 10.0 Å². The molecule has 1 aliphatic heterocycles. The molecule has 0 saturated heterocycles. The normalized spacial score (nSPS) is 17.4. The molecule has 8 heteroatoms. The maximum absolute atomic E-state index is 13.2. The fourth-order valence-electron chi connectivity index (χ4n) is 4.34. The summed E-state index contributed by atoms with van der Waals surface area (Å²) in [6.07, 6.45) is -2.43. The van der Waals surface area contributed by atoms with Crippen LogP contribution in [0.3, 0.4) is 0 Å². The molecule has 0 saturated carbocycles. The smallest absolute Gasteiger partial charge is 0.268 e. The van der Waals surface area contributed by atoms with Crippen LogP contribution in [-0.2, 0) is 24.7 Å². The molecule has 3 aromatic rings. The predicted octanol–water partition coefficient (Wildman–Crippen LogP) is 4.21. The van der Waals surface area contributed by atoms with Gasteiger partial charge in [-0.05, 0) is 47.7 Å². The minimum absolute atomic E-state index is 0.0915. The lowest BCUT2D eigenvalue weighted by Crippen LogP contribution is -2.40. The van der Waals surface area contributed by atoms with E-state index in [-0.39, 0.29) is 23.9 Å². The zero-order chi connectivity index (χ0) is 21.6. The maximum Gasteiger partial charge on any atom is 0.268 e. The van der Waals surface area contributed by atoms with E-state index in [0.717, 1.165) is 22.0 Å². The minimum atomic E-state index is -2.85. The summed E-state index contributed by atoms with van der Waals surface area (Å²) in [5.74, 6) is -0.0915. The monoisotopic (exact) mass is 433 g/mol. The lowest BCUT2D eigenvalue weighted by atomic mass is 9.87. The number of aryl methyl sites for hydroxylation is 1. The number of aliphatic hydroxyl groups excluding tert-OH is 1. The van der Waals surface area contributed by atoms with Gasteiger partial charge in [-0.3, -0.25) is 9.48 Å². The van der Waals surface area contributed by atoms with Crippen molar-refractivity contribution in [1.29, 1.82) is 0 Å². The number of nitrogens with zero attached hydrogens (tertiary/aromatic N) is 3. The number of rotatable bonds is 4. The van der Waals surface area contributed by atoms with E-state index in [1.54, 1.807) is 27.9 Å². The van der Waals surface area contributed by atoms with Crippen LogP contribution in [0.4, 0.5) is 8.78 Å². The summed E-state index contributed by atoms with van der Waals surface area (Å²) in [6, 6.07) is 8.35. The molecular weight excluding hydrogens is 412 g/mol. The molecule has 158 valence electrons. The number of benzene rings is 2. The Morgan fingerprint density at radius 2 is 2.10 bits per heavy atom. The molecule has 0 unspecified atom stereocenters. The number of aromatic nitrogens is 2. The summed E-state index contributed by atoms with van der Waals surface area (Å²) in [4.78, 5) is 14.9. The van der Waals surface area contributed by atoms with E-state index in [1.807, 2.05) is 26.1 Å². The van der Waals surface area contributed by atoms with Crippen molar-refractivity contribution < 1.29 is 18.7 Å². The van der Waals surface area contributed by atoms with Gasteiger partial charge in [0, 0.05) is 24.0 Å². The summed E-state index contributed by atoms with van der Waals surface area (Å²) in [5, 5.41) is 15.5. The van der Waals surface area contributed by atoms with Gasteiger partial charge in [-0.25, -0.2) is 8.78 Å². The molecule has 1 aromatic heterocycles. The number of hydrogen-bond acceptors (Lipinski definition) is 3. The molecule has 0 spiro atoms. The Labute approximate surface area is 177 Å². The Hall–Kier alpha value is -2.51. The van der Waals surface area contributed by atoms with Crippen molar-refractivity contribution in [3.63, 3.8) is 0 Å². The molecule has 2 heterocycles. The van der Waals surface area contributed by atoms with Gasteiger partial charge in [0.25, 0.3) is 6.43 Å². The molecule has 30 heavy (non-hydrogen) atoms. The lowest BCUT2D eigenvalue weighted by molar-refractivity contribution is -0.133. The molecule has 4 rings (SSSR count). The van der Waals surface area contributed by atoms with Gasteiger partial charge in [-0.1, -0.05) is 29.8 Å². The van der Waals surface area contributed by atoms with Gasteiger partial charge in [-0.2, -0.15) is 5.10 Å². The second-order valence-electron chi connectivity index (χ2n) is 7.61. The van der Waals surface area contributed by atoms with E-state index in [1.165, 1.54) is 6.07 Å². The van der Waals surface area contributed by atoms with Crippen LogP contribution in [-0.4, -0.2) is 38.7 Å². The van der Waals surface area contributed by atoms with E-state index < -0.39 is 12.5 Å². The molecule has 2 atom stereocenters. The molecular formula is C22H22ClF2N3O2. The van der Waals surface area contributed by atoms with Crippen LogP contribution < -0.4 is 0 Å². The first-order chi connectivity index (χ1) is 14.3.